The van der Waals surface area contributed by atoms with Gasteiger partial charge in [0.1, 0.15) is 13.2 Å². The normalized spacial score (nSPS) is 28.6. The molecule has 0 aromatic heterocycles. The van der Waals surface area contributed by atoms with Crippen LogP contribution in [0.4, 0.5) is 0 Å². The predicted octanol–water partition coefficient (Wildman–Crippen LogP) is 2.58. The van der Waals surface area contributed by atoms with Crippen molar-refractivity contribution in [3.8, 4) is 11.5 Å². The summed E-state index contributed by atoms with van der Waals surface area (Å²) < 4.78 is 11.2. The zero-order valence-corrected chi connectivity index (χ0v) is 8.32. The van der Waals surface area contributed by atoms with Gasteiger partial charge in [0, 0.05) is 5.56 Å². The van der Waals surface area contributed by atoms with Gasteiger partial charge in [-0.2, -0.15) is 0 Å². The van der Waals surface area contributed by atoms with E-state index in [1.54, 1.807) is 0 Å². The maximum atomic E-state index is 5.68. The minimum atomic E-state index is 0.677. The van der Waals surface area contributed by atoms with Gasteiger partial charge in [-0.3, -0.25) is 0 Å². The third-order valence-corrected chi connectivity index (χ3v) is 3.11. The molecule has 1 aromatic carbocycles. The fourth-order valence-corrected chi connectivity index (χ4v) is 2.14. The fraction of sp³-hybridized carbons (Fsp3) is 0.500. The lowest BCUT2D eigenvalue weighted by Crippen LogP contribution is -2.16. The number of hydrogen-bond donors (Lipinski definition) is 0. The standard InChI is InChI=1S/C12H14O2/c1-8-7-10(8)9-3-2-4-11-12(9)14-6-5-13-11/h2-4,8,10H,5-7H2,1H3. The highest BCUT2D eigenvalue weighted by Gasteiger charge is 2.37. The Kier molecular flexibility index (Phi) is 1.69. The Hall–Kier alpha value is -1.18. The molecular weight excluding hydrogens is 176 g/mol. The first-order chi connectivity index (χ1) is 6.86. The molecule has 1 heterocycles. The molecule has 2 aliphatic rings. The second kappa shape index (κ2) is 2.91. The first kappa shape index (κ1) is 8.16. The van der Waals surface area contributed by atoms with Gasteiger partial charge < -0.3 is 9.47 Å². The molecule has 0 bridgehead atoms. The number of rotatable bonds is 1. The number of hydrogen-bond acceptors (Lipinski definition) is 2. The van der Waals surface area contributed by atoms with Crippen LogP contribution in [0.1, 0.15) is 24.8 Å². The van der Waals surface area contributed by atoms with E-state index in [1.807, 2.05) is 6.07 Å². The van der Waals surface area contributed by atoms with Crippen LogP contribution in [-0.2, 0) is 0 Å². The van der Waals surface area contributed by atoms with Gasteiger partial charge in [0.05, 0.1) is 0 Å². The fourth-order valence-electron chi connectivity index (χ4n) is 2.14. The van der Waals surface area contributed by atoms with E-state index in [-0.39, 0.29) is 0 Å². The second-order valence-corrected chi connectivity index (χ2v) is 4.19. The Morgan fingerprint density at radius 2 is 2.00 bits per heavy atom. The van der Waals surface area contributed by atoms with Crippen molar-refractivity contribution in [1.82, 2.24) is 0 Å². The largest absolute Gasteiger partial charge is 0.486 e. The van der Waals surface area contributed by atoms with Crippen LogP contribution in [0, 0.1) is 5.92 Å². The molecule has 0 saturated heterocycles. The molecule has 0 amide bonds. The summed E-state index contributed by atoms with van der Waals surface area (Å²) in [5.41, 5.74) is 1.34. The van der Waals surface area contributed by atoms with Crippen LogP contribution in [0.2, 0.25) is 0 Å². The van der Waals surface area contributed by atoms with Crippen molar-refractivity contribution >= 4 is 0 Å². The van der Waals surface area contributed by atoms with Crippen LogP contribution in [0.25, 0.3) is 0 Å². The quantitative estimate of drug-likeness (QED) is 0.677. The highest BCUT2D eigenvalue weighted by atomic mass is 16.6. The van der Waals surface area contributed by atoms with Crippen LogP contribution >= 0.6 is 0 Å². The van der Waals surface area contributed by atoms with Crippen LogP contribution in [0.5, 0.6) is 11.5 Å². The molecule has 0 spiro atoms. The Morgan fingerprint density at radius 1 is 1.21 bits per heavy atom. The van der Waals surface area contributed by atoms with E-state index in [9.17, 15) is 0 Å². The van der Waals surface area contributed by atoms with Crippen LogP contribution < -0.4 is 9.47 Å². The summed E-state index contributed by atoms with van der Waals surface area (Å²) in [4.78, 5) is 0. The van der Waals surface area contributed by atoms with E-state index < -0.39 is 0 Å². The summed E-state index contributed by atoms with van der Waals surface area (Å²) in [6.07, 6.45) is 1.29. The zero-order valence-electron chi connectivity index (χ0n) is 8.32. The summed E-state index contributed by atoms with van der Waals surface area (Å²) >= 11 is 0. The Labute approximate surface area is 83.8 Å². The van der Waals surface area contributed by atoms with E-state index in [4.69, 9.17) is 9.47 Å². The van der Waals surface area contributed by atoms with E-state index in [0.717, 1.165) is 17.4 Å². The van der Waals surface area contributed by atoms with Gasteiger partial charge >= 0.3 is 0 Å². The van der Waals surface area contributed by atoms with E-state index in [1.165, 1.54) is 12.0 Å². The molecule has 2 nitrogen and oxygen atoms in total. The second-order valence-electron chi connectivity index (χ2n) is 4.19. The van der Waals surface area contributed by atoms with Crippen molar-refractivity contribution in [2.45, 2.75) is 19.3 Å². The van der Waals surface area contributed by atoms with Crippen molar-refractivity contribution < 1.29 is 9.47 Å². The van der Waals surface area contributed by atoms with Crippen molar-refractivity contribution in [3.05, 3.63) is 23.8 Å². The SMILES string of the molecule is CC1CC1c1cccc2c1OCCO2. The number of ether oxygens (including phenoxy) is 2. The molecule has 1 aliphatic heterocycles. The summed E-state index contributed by atoms with van der Waals surface area (Å²) in [5, 5.41) is 0. The van der Waals surface area contributed by atoms with Gasteiger partial charge in [-0.05, 0) is 24.3 Å². The van der Waals surface area contributed by atoms with Crippen molar-refractivity contribution in [2.75, 3.05) is 13.2 Å². The molecular formula is C12H14O2. The average molecular weight is 190 g/mol. The van der Waals surface area contributed by atoms with Gasteiger partial charge in [0.15, 0.2) is 11.5 Å². The highest BCUT2D eigenvalue weighted by Crippen LogP contribution is 2.52. The third kappa shape index (κ3) is 1.17. The van der Waals surface area contributed by atoms with Gasteiger partial charge in [0.25, 0.3) is 0 Å². The molecule has 2 heteroatoms. The predicted molar refractivity (Wildman–Crippen MR) is 54.0 cm³/mol. The molecule has 0 N–H and O–H groups in total. The maximum absolute atomic E-state index is 5.68. The molecule has 2 atom stereocenters. The number of benzene rings is 1. The van der Waals surface area contributed by atoms with E-state index in [0.29, 0.717) is 19.1 Å². The van der Waals surface area contributed by atoms with Crippen LogP contribution in [0.3, 0.4) is 0 Å². The van der Waals surface area contributed by atoms with Crippen molar-refractivity contribution in [3.63, 3.8) is 0 Å². The molecule has 3 rings (SSSR count). The first-order valence-electron chi connectivity index (χ1n) is 5.25. The number of para-hydroxylation sites is 1. The van der Waals surface area contributed by atoms with Crippen molar-refractivity contribution in [2.24, 2.45) is 5.92 Å². The van der Waals surface area contributed by atoms with E-state index in [2.05, 4.69) is 19.1 Å². The highest BCUT2D eigenvalue weighted by molar-refractivity contribution is 5.50. The molecule has 74 valence electrons. The van der Waals surface area contributed by atoms with Crippen LogP contribution in [0.15, 0.2) is 18.2 Å². The maximum Gasteiger partial charge on any atom is 0.164 e. The molecule has 1 saturated carbocycles. The molecule has 1 aromatic rings. The molecule has 14 heavy (non-hydrogen) atoms. The monoisotopic (exact) mass is 190 g/mol. The topological polar surface area (TPSA) is 18.5 Å². The number of fused-ring (bicyclic) bond motifs is 1. The smallest absolute Gasteiger partial charge is 0.164 e. The average Bonchev–Trinajstić information content (AvgIpc) is 2.95. The molecule has 1 fully saturated rings. The minimum absolute atomic E-state index is 0.677. The first-order valence-corrected chi connectivity index (χ1v) is 5.25. The van der Waals surface area contributed by atoms with Crippen LogP contribution in [-0.4, -0.2) is 13.2 Å². The zero-order chi connectivity index (χ0) is 9.54. The Balaban J connectivity index is 2.02. The molecule has 2 unspecified atom stereocenters. The summed E-state index contributed by atoms with van der Waals surface area (Å²) in [6.45, 7) is 3.65. The van der Waals surface area contributed by atoms with Crippen molar-refractivity contribution in [1.29, 1.82) is 0 Å². The van der Waals surface area contributed by atoms with Gasteiger partial charge in [-0.1, -0.05) is 19.1 Å². The lowest BCUT2D eigenvalue weighted by molar-refractivity contribution is 0.170. The lowest BCUT2D eigenvalue weighted by atomic mass is 10.1. The summed E-state index contributed by atoms with van der Waals surface area (Å²) in [6, 6.07) is 6.22. The van der Waals surface area contributed by atoms with E-state index >= 15 is 0 Å². The third-order valence-electron chi connectivity index (χ3n) is 3.11. The van der Waals surface area contributed by atoms with Gasteiger partial charge in [-0.25, -0.2) is 0 Å². The summed E-state index contributed by atoms with van der Waals surface area (Å²) in [7, 11) is 0. The molecule has 1 aliphatic carbocycles. The molecule has 0 radical (unpaired) electrons. The summed E-state index contributed by atoms with van der Waals surface area (Å²) in [5.74, 6) is 3.43. The minimum Gasteiger partial charge on any atom is -0.486 e. The lowest BCUT2D eigenvalue weighted by Gasteiger charge is -2.20. The van der Waals surface area contributed by atoms with Gasteiger partial charge in [0.2, 0.25) is 0 Å². The Bertz CT molecular complexity index is 359. The Morgan fingerprint density at radius 3 is 2.79 bits per heavy atom. The van der Waals surface area contributed by atoms with Gasteiger partial charge in [-0.15, -0.1) is 0 Å².